The first-order valence-corrected chi connectivity index (χ1v) is 10.8. The predicted octanol–water partition coefficient (Wildman–Crippen LogP) is 4.63. The summed E-state index contributed by atoms with van der Waals surface area (Å²) in [6, 6.07) is 15.1. The van der Waals surface area contributed by atoms with Gasteiger partial charge in [0.15, 0.2) is 0 Å². The second kappa shape index (κ2) is 9.43. The number of nitrogens with one attached hydrogen (secondary N) is 1. The Bertz CT molecular complexity index is 1070. The van der Waals surface area contributed by atoms with Crippen LogP contribution in [0.2, 0.25) is 5.02 Å². The average Bonchev–Trinajstić information content (AvgIpc) is 3.43. The minimum Gasteiger partial charge on any atom is -0.496 e. The Morgan fingerprint density at radius 3 is 2.90 bits per heavy atom. The van der Waals surface area contributed by atoms with Crippen LogP contribution in [0.5, 0.6) is 11.5 Å². The number of carbonyl (C=O) groups excluding carboxylic acids is 1. The lowest BCUT2D eigenvalue weighted by Gasteiger charge is -2.18. The highest BCUT2D eigenvalue weighted by atomic mass is 35.5. The molecule has 0 aliphatic carbocycles. The highest BCUT2D eigenvalue weighted by Crippen LogP contribution is 2.30. The molecule has 0 unspecified atom stereocenters. The van der Waals surface area contributed by atoms with Crippen LogP contribution in [0.4, 0.5) is 0 Å². The lowest BCUT2D eigenvalue weighted by atomic mass is 10.0. The van der Waals surface area contributed by atoms with Gasteiger partial charge in [-0.3, -0.25) is 9.89 Å². The van der Waals surface area contributed by atoms with Gasteiger partial charge in [-0.05, 0) is 49.2 Å². The summed E-state index contributed by atoms with van der Waals surface area (Å²) >= 11 is 5.98. The van der Waals surface area contributed by atoms with Crippen molar-refractivity contribution in [1.82, 2.24) is 15.1 Å². The van der Waals surface area contributed by atoms with Crippen LogP contribution >= 0.6 is 11.6 Å². The molecule has 1 fully saturated rings. The number of amides is 1. The van der Waals surface area contributed by atoms with E-state index in [0.717, 1.165) is 35.5 Å². The number of nitrogens with zero attached hydrogens (tertiary/aromatic N) is 2. The highest BCUT2D eigenvalue weighted by molar-refractivity contribution is 6.30. The first-order chi connectivity index (χ1) is 15.0. The third-order valence-electron chi connectivity index (χ3n) is 5.63. The van der Waals surface area contributed by atoms with Crippen LogP contribution in [0.1, 0.15) is 39.6 Å². The van der Waals surface area contributed by atoms with Gasteiger partial charge in [0.2, 0.25) is 0 Å². The zero-order chi connectivity index (χ0) is 21.8. The molecule has 2 heterocycles. The van der Waals surface area contributed by atoms with Crippen molar-refractivity contribution in [3.63, 3.8) is 0 Å². The zero-order valence-electron chi connectivity index (χ0n) is 17.7. The molecular formula is C24H26ClN3O3. The molecule has 0 saturated carbocycles. The monoisotopic (exact) mass is 439 g/mol. The summed E-state index contributed by atoms with van der Waals surface area (Å²) < 4.78 is 11.2. The van der Waals surface area contributed by atoms with E-state index in [1.54, 1.807) is 13.2 Å². The number of para-hydroxylation sites is 1. The summed E-state index contributed by atoms with van der Waals surface area (Å²) in [7, 11) is 1.60. The molecule has 162 valence electrons. The van der Waals surface area contributed by atoms with Crippen LogP contribution in [-0.2, 0) is 6.42 Å². The molecule has 0 radical (unpaired) electrons. The van der Waals surface area contributed by atoms with E-state index in [1.165, 1.54) is 0 Å². The molecule has 2 aromatic carbocycles. The quantitative estimate of drug-likeness (QED) is 0.582. The Balaban J connectivity index is 1.34. The Hall–Kier alpha value is -2.99. The molecule has 1 aromatic heterocycles. The number of H-pyrrole nitrogens is 1. The van der Waals surface area contributed by atoms with E-state index in [1.807, 2.05) is 48.2 Å². The van der Waals surface area contributed by atoms with Crippen molar-refractivity contribution in [2.45, 2.75) is 25.7 Å². The van der Waals surface area contributed by atoms with Gasteiger partial charge in [-0.25, -0.2) is 0 Å². The first kappa shape index (κ1) is 21.2. The van der Waals surface area contributed by atoms with Crippen molar-refractivity contribution in [3.05, 3.63) is 76.1 Å². The average molecular weight is 440 g/mol. The highest BCUT2D eigenvalue weighted by Gasteiger charge is 2.30. The maximum Gasteiger partial charge on any atom is 0.257 e. The maximum absolute atomic E-state index is 13.1. The fourth-order valence-electron chi connectivity index (χ4n) is 4.00. The number of ether oxygens (including phenoxy) is 2. The molecule has 6 nitrogen and oxygen atoms in total. The van der Waals surface area contributed by atoms with E-state index >= 15 is 0 Å². The SMILES string of the molecule is COc1c(C)cccc1C(=O)N1CC[C@@H](c2cc(CCOc3cccc(Cl)c3)[nH]n2)C1. The first-order valence-electron chi connectivity index (χ1n) is 10.4. The van der Waals surface area contributed by atoms with Crippen molar-refractivity contribution in [2.75, 3.05) is 26.8 Å². The summed E-state index contributed by atoms with van der Waals surface area (Å²) in [5, 5.41) is 8.25. The van der Waals surface area contributed by atoms with E-state index in [4.69, 9.17) is 21.1 Å². The summed E-state index contributed by atoms with van der Waals surface area (Å²) in [6.07, 6.45) is 1.61. The topological polar surface area (TPSA) is 67.4 Å². The standard InChI is InChI=1S/C24H26ClN3O3/c1-16-5-3-8-21(23(16)30-2)24(29)28-11-9-17(15-28)22-14-19(26-27-22)10-12-31-20-7-4-6-18(25)13-20/h3-8,13-14,17H,9-12,15H2,1-2H3,(H,26,27)/t17-/m1/s1. The van der Waals surface area contributed by atoms with Gasteiger partial charge >= 0.3 is 0 Å². The predicted molar refractivity (Wildman–Crippen MR) is 120 cm³/mol. The smallest absolute Gasteiger partial charge is 0.257 e. The van der Waals surface area contributed by atoms with Crippen LogP contribution in [-0.4, -0.2) is 47.8 Å². The molecular weight excluding hydrogens is 414 g/mol. The van der Waals surface area contributed by atoms with Crippen molar-refractivity contribution < 1.29 is 14.3 Å². The van der Waals surface area contributed by atoms with E-state index in [2.05, 4.69) is 16.3 Å². The third-order valence-corrected chi connectivity index (χ3v) is 5.86. The number of hydrogen-bond donors (Lipinski definition) is 1. The Kier molecular flexibility index (Phi) is 6.47. The molecule has 1 aliphatic heterocycles. The number of hydrogen-bond acceptors (Lipinski definition) is 4. The van der Waals surface area contributed by atoms with Crippen LogP contribution in [0.15, 0.2) is 48.5 Å². The van der Waals surface area contributed by atoms with Crippen molar-refractivity contribution >= 4 is 17.5 Å². The summed E-state index contributed by atoms with van der Waals surface area (Å²) in [5.41, 5.74) is 3.58. The number of benzene rings is 2. The van der Waals surface area contributed by atoms with Crippen molar-refractivity contribution in [2.24, 2.45) is 0 Å². The number of rotatable bonds is 7. The largest absolute Gasteiger partial charge is 0.496 e. The van der Waals surface area contributed by atoms with E-state index < -0.39 is 0 Å². The van der Waals surface area contributed by atoms with Gasteiger partial charge in [-0.2, -0.15) is 5.10 Å². The van der Waals surface area contributed by atoms with E-state index in [-0.39, 0.29) is 11.8 Å². The third kappa shape index (κ3) is 4.85. The van der Waals surface area contributed by atoms with Crippen LogP contribution < -0.4 is 9.47 Å². The molecule has 0 spiro atoms. The number of methoxy groups -OCH3 is 1. The second-order valence-electron chi connectivity index (χ2n) is 7.77. The molecule has 1 saturated heterocycles. The number of halogens is 1. The molecule has 3 aromatic rings. The van der Waals surface area contributed by atoms with Crippen LogP contribution in [0.25, 0.3) is 0 Å². The molecule has 1 aliphatic rings. The fourth-order valence-corrected chi connectivity index (χ4v) is 4.18. The molecule has 31 heavy (non-hydrogen) atoms. The van der Waals surface area contributed by atoms with Gasteiger partial charge < -0.3 is 14.4 Å². The number of aryl methyl sites for hydroxylation is 1. The van der Waals surface area contributed by atoms with Gasteiger partial charge in [-0.15, -0.1) is 0 Å². The van der Waals surface area contributed by atoms with Crippen LogP contribution in [0.3, 0.4) is 0 Å². The Morgan fingerprint density at radius 2 is 2.10 bits per heavy atom. The number of carbonyl (C=O) groups is 1. The summed E-state index contributed by atoms with van der Waals surface area (Å²) in [4.78, 5) is 14.9. The Morgan fingerprint density at radius 1 is 1.26 bits per heavy atom. The summed E-state index contributed by atoms with van der Waals surface area (Å²) in [6.45, 7) is 3.84. The van der Waals surface area contributed by atoms with Gasteiger partial charge in [0.1, 0.15) is 11.5 Å². The molecule has 1 amide bonds. The zero-order valence-corrected chi connectivity index (χ0v) is 18.5. The van der Waals surface area contributed by atoms with E-state index in [0.29, 0.717) is 36.0 Å². The summed E-state index contributed by atoms with van der Waals surface area (Å²) in [5.74, 6) is 1.63. The molecule has 1 N–H and O–H groups in total. The fraction of sp³-hybridized carbons (Fsp3) is 0.333. The van der Waals surface area contributed by atoms with Gasteiger partial charge in [-0.1, -0.05) is 29.8 Å². The van der Waals surface area contributed by atoms with Crippen LogP contribution in [0, 0.1) is 6.92 Å². The normalized spacial score (nSPS) is 15.8. The number of likely N-dealkylation sites (tertiary alicyclic amines) is 1. The minimum absolute atomic E-state index is 0.00808. The number of aromatic amines is 1. The lowest BCUT2D eigenvalue weighted by Crippen LogP contribution is -2.29. The Labute approximate surface area is 187 Å². The molecule has 0 bridgehead atoms. The molecule has 4 rings (SSSR count). The van der Waals surface area contributed by atoms with Gasteiger partial charge in [0, 0.05) is 36.1 Å². The van der Waals surface area contributed by atoms with Crippen molar-refractivity contribution in [3.8, 4) is 11.5 Å². The molecule has 7 heteroatoms. The van der Waals surface area contributed by atoms with E-state index in [9.17, 15) is 4.79 Å². The number of aromatic nitrogens is 2. The van der Waals surface area contributed by atoms with Crippen molar-refractivity contribution in [1.29, 1.82) is 0 Å². The lowest BCUT2D eigenvalue weighted by molar-refractivity contribution is 0.0787. The maximum atomic E-state index is 13.1. The minimum atomic E-state index is 0.00808. The van der Waals surface area contributed by atoms with Gasteiger partial charge in [0.25, 0.3) is 5.91 Å². The van der Waals surface area contributed by atoms with Gasteiger partial charge in [0.05, 0.1) is 25.0 Å². The molecule has 1 atom stereocenters. The second-order valence-corrected chi connectivity index (χ2v) is 8.20.